The topological polar surface area (TPSA) is 65.0 Å². The average molecular weight is 416 g/mol. The zero-order valence-electron chi connectivity index (χ0n) is 15.1. The highest BCUT2D eigenvalue weighted by molar-refractivity contribution is 7.87. The molecule has 0 aliphatic heterocycles. The van der Waals surface area contributed by atoms with Gasteiger partial charge in [-0.05, 0) is 67.6 Å². The van der Waals surface area contributed by atoms with Gasteiger partial charge in [-0.25, -0.2) is 0 Å². The third kappa shape index (κ3) is 5.12. The second-order valence-electron chi connectivity index (χ2n) is 5.71. The first-order chi connectivity index (χ1) is 13.5. The van der Waals surface area contributed by atoms with Crippen LogP contribution in [0.3, 0.4) is 0 Å². The van der Waals surface area contributed by atoms with Gasteiger partial charge in [-0.3, -0.25) is 4.99 Å². The van der Waals surface area contributed by atoms with Gasteiger partial charge in [0, 0.05) is 16.8 Å². The molecular weight excluding hydrogens is 398 g/mol. The highest BCUT2D eigenvalue weighted by Crippen LogP contribution is 2.24. The summed E-state index contributed by atoms with van der Waals surface area (Å²) in [5, 5.41) is 0.446. The number of ether oxygens (including phenoxy) is 1. The van der Waals surface area contributed by atoms with Gasteiger partial charge >= 0.3 is 10.1 Å². The molecule has 0 saturated heterocycles. The Morgan fingerprint density at radius 2 is 1.64 bits per heavy atom. The van der Waals surface area contributed by atoms with Crippen molar-refractivity contribution >= 4 is 33.6 Å². The van der Waals surface area contributed by atoms with E-state index in [1.165, 1.54) is 24.3 Å². The van der Waals surface area contributed by atoms with Gasteiger partial charge in [-0.1, -0.05) is 23.7 Å². The minimum atomic E-state index is -3.98. The maximum Gasteiger partial charge on any atom is 0.339 e. The van der Waals surface area contributed by atoms with Crippen molar-refractivity contribution in [3.8, 4) is 11.5 Å². The van der Waals surface area contributed by atoms with E-state index < -0.39 is 10.1 Å². The van der Waals surface area contributed by atoms with Gasteiger partial charge in [0.25, 0.3) is 0 Å². The van der Waals surface area contributed by atoms with Crippen LogP contribution in [-0.2, 0) is 10.1 Å². The zero-order valence-corrected chi connectivity index (χ0v) is 16.7. The number of hydrogen-bond acceptors (Lipinski definition) is 5. The first-order valence-electron chi connectivity index (χ1n) is 8.54. The van der Waals surface area contributed by atoms with Crippen molar-refractivity contribution in [1.29, 1.82) is 0 Å². The predicted molar refractivity (Wildman–Crippen MR) is 111 cm³/mol. The van der Waals surface area contributed by atoms with Crippen LogP contribution in [0.1, 0.15) is 12.5 Å². The molecule has 7 heteroatoms. The maximum atomic E-state index is 12.5. The lowest BCUT2D eigenvalue weighted by Crippen LogP contribution is -2.10. The van der Waals surface area contributed by atoms with Gasteiger partial charge in [0.1, 0.15) is 10.6 Å². The van der Waals surface area contributed by atoms with E-state index in [1.807, 2.05) is 31.2 Å². The number of benzene rings is 3. The molecule has 3 rings (SSSR count). The molecule has 5 nitrogen and oxygen atoms in total. The van der Waals surface area contributed by atoms with Gasteiger partial charge in [0.15, 0.2) is 5.75 Å². The standard InChI is InChI=1S/C21H18ClNO4S/c1-2-26-19-11-9-18(10-12-19)23-15-16-5-3-4-6-21(16)27-28(24,25)20-13-7-17(22)8-14-20/h3-15H,2H2,1H3. The Labute approximate surface area is 169 Å². The predicted octanol–water partition coefficient (Wildman–Crippen LogP) is 5.26. The summed E-state index contributed by atoms with van der Waals surface area (Å²) in [5.74, 6) is 0.950. The molecule has 0 heterocycles. The van der Waals surface area contributed by atoms with E-state index in [4.69, 9.17) is 20.5 Å². The fourth-order valence-electron chi connectivity index (χ4n) is 2.37. The summed E-state index contributed by atoms with van der Waals surface area (Å²) in [6.45, 7) is 2.51. The van der Waals surface area contributed by atoms with Crippen molar-refractivity contribution in [2.45, 2.75) is 11.8 Å². The summed E-state index contributed by atoms with van der Waals surface area (Å²) in [7, 11) is -3.98. The van der Waals surface area contributed by atoms with Crippen LogP contribution in [0.5, 0.6) is 11.5 Å². The minimum absolute atomic E-state index is 0.0233. The molecule has 0 aromatic heterocycles. The zero-order chi connectivity index (χ0) is 20.0. The van der Waals surface area contributed by atoms with Gasteiger partial charge < -0.3 is 8.92 Å². The molecule has 0 saturated carbocycles. The van der Waals surface area contributed by atoms with Crippen molar-refractivity contribution in [2.75, 3.05) is 6.61 Å². The normalized spacial score (nSPS) is 11.5. The van der Waals surface area contributed by atoms with E-state index in [-0.39, 0.29) is 10.6 Å². The van der Waals surface area contributed by atoms with Crippen LogP contribution >= 0.6 is 11.6 Å². The molecule has 0 radical (unpaired) electrons. The summed E-state index contributed by atoms with van der Waals surface area (Å²) < 4.78 is 35.7. The van der Waals surface area contributed by atoms with Crippen LogP contribution in [0.25, 0.3) is 0 Å². The Kier molecular flexibility index (Phi) is 6.34. The van der Waals surface area contributed by atoms with Gasteiger partial charge in [0.2, 0.25) is 0 Å². The van der Waals surface area contributed by atoms with Crippen LogP contribution in [0, 0.1) is 0 Å². The molecule has 3 aromatic rings. The molecule has 3 aromatic carbocycles. The van der Waals surface area contributed by atoms with Gasteiger partial charge in [0.05, 0.1) is 12.3 Å². The minimum Gasteiger partial charge on any atom is -0.494 e. The van der Waals surface area contributed by atoms with E-state index in [0.29, 0.717) is 22.9 Å². The van der Waals surface area contributed by atoms with Gasteiger partial charge in [-0.2, -0.15) is 8.42 Å². The molecule has 144 valence electrons. The number of halogens is 1. The highest BCUT2D eigenvalue weighted by Gasteiger charge is 2.18. The largest absolute Gasteiger partial charge is 0.494 e. The number of para-hydroxylation sites is 1. The lowest BCUT2D eigenvalue weighted by Gasteiger charge is -2.09. The Bertz CT molecular complexity index is 1060. The Hall–Kier alpha value is -2.83. The second kappa shape index (κ2) is 8.91. The number of nitrogens with zero attached hydrogens (tertiary/aromatic N) is 1. The molecule has 0 aliphatic carbocycles. The Balaban J connectivity index is 1.82. The maximum absolute atomic E-state index is 12.5. The van der Waals surface area contributed by atoms with E-state index in [1.54, 1.807) is 30.5 Å². The molecule has 0 unspecified atom stereocenters. The number of aliphatic imine (C=N–C) groups is 1. The molecule has 0 fully saturated rings. The molecule has 0 amide bonds. The highest BCUT2D eigenvalue weighted by atomic mass is 35.5. The van der Waals surface area contributed by atoms with E-state index in [9.17, 15) is 8.42 Å². The van der Waals surface area contributed by atoms with Crippen LogP contribution in [0.4, 0.5) is 5.69 Å². The summed E-state index contributed by atoms with van der Waals surface area (Å²) in [6, 6.07) is 19.8. The summed E-state index contributed by atoms with van der Waals surface area (Å²) >= 11 is 5.81. The van der Waals surface area contributed by atoms with Crippen molar-refractivity contribution in [2.24, 2.45) is 4.99 Å². The molecule has 28 heavy (non-hydrogen) atoms. The lowest BCUT2D eigenvalue weighted by molar-refractivity contribution is 0.340. The van der Waals surface area contributed by atoms with Crippen molar-refractivity contribution in [1.82, 2.24) is 0 Å². The fourth-order valence-corrected chi connectivity index (χ4v) is 3.45. The van der Waals surface area contributed by atoms with Crippen LogP contribution in [-0.4, -0.2) is 21.2 Å². The van der Waals surface area contributed by atoms with Crippen LogP contribution in [0.2, 0.25) is 5.02 Å². The first-order valence-corrected chi connectivity index (χ1v) is 10.3. The van der Waals surface area contributed by atoms with Crippen LogP contribution < -0.4 is 8.92 Å². The Morgan fingerprint density at radius 3 is 2.32 bits per heavy atom. The van der Waals surface area contributed by atoms with E-state index in [0.717, 1.165) is 5.75 Å². The quantitative estimate of drug-likeness (QED) is 0.390. The Morgan fingerprint density at radius 1 is 0.964 bits per heavy atom. The van der Waals surface area contributed by atoms with E-state index in [2.05, 4.69) is 4.99 Å². The van der Waals surface area contributed by atoms with Crippen molar-refractivity contribution < 1.29 is 17.3 Å². The molecule has 0 spiro atoms. The molecule has 0 aliphatic rings. The summed E-state index contributed by atoms with van der Waals surface area (Å²) in [6.07, 6.45) is 1.56. The lowest BCUT2D eigenvalue weighted by atomic mass is 10.2. The van der Waals surface area contributed by atoms with Gasteiger partial charge in [-0.15, -0.1) is 0 Å². The fraction of sp³-hybridized carbons (Fsp3) is 0.0952. The van der Waals surface area contributed by atoms with Crippen molar-refractivity contribution in [3.63, 3.8) is 0 Å². The molecule has 0 atom stereocenters. The third-order valence-corrected chi connectivity index (χ3v) is 5.22. The first kappa shape index (κ1) is 19.9. The molecule has 0 N–H and O–H groups in total. The van der Waals surface area contributed by atoms with E-state index >= 15 is 0 Å². The monoisotopic (exact) mass is 415 g/mol. The average Bonchev–Trinajstić information content (AvgIpc) is 2.69. The number of hydrogen-bond donors (Lipinski definition) is 0. The summed E-state index contributed by atoms with van der Waals surface area (Å²) in [5.41, 5.74) is 1.24. The van der Waals surface area contributed by atoms with Crippen LogP contribution in [0.15, 0.2) is 82.7 Å². The SMILES string of the molecule is CCOc1ccc(N=Cc2ccccc2OS(=O)(=O)c2ccc(Cl)cc2)cc1. The second-order valence-corrected chi connectivity index (χ2v) is 7.70. The van der Waals surface area contributed by atoms with Crippen molar-refractivity contribution in [3.05, 3.63) is 83.4 Å². The summed E-state index contributed by atoms with van der Waals surface area (Å²) in [4.78, 5) is 4.40. The molecule has 0 bridgehead atoms. The molecular formula is C21H18ClNO4S. The third-order valence-electron chi connectivity index (χ3n) is 3.72. The number of rotatable bonds is 7. The smallest absolute Gasteiger partial charge is 0.339 e.